The van der Waals surface area contributed by atoms with Gasteiger partial charge in [-0.3, -0.25) is 0 Å². The summed E-state index contributed by atoms with van der Waals surface area (Å²) in [7, 11) is 0. The van der Waals surface area contributed by atoms with Gasteiger partial charge in [0.1, 0.15) is 0 Å². The summed E-state index contributed by atoms with van der Waals surface area (Å²) < 4.78 is 0. The van der Waals surface area contributed by atoms with Gasteiger partial charge in [-0.05, 0) is 59.4 Å². The van der Waals surface area contributed by atoms with E-state index in [1.807, 2.05) is 0 Å². The van der Waals surface area contributed by atoms with Crippen molar-refractivity contribution in [2.75, 3.05) is 0 Å². The molecule has 20 heavy (non-hydrogen) atoms. The van der Waals surface area contributed by atoms with Crippen LogP contribution in [0, 0.1) is 0 Å². The molecular weight excluding hydrogens is 240 g/mol. The molecular formula is C20H28. The number of hydrogen-bond acceptors (Lipinski definition) is 0. The Morgan fingerprint density at radius 2 is 0.950 bits per heavy atom. The summed E-state index contributed by atoms with van der Waals surface area (Å²) in [6.45, 7) is 9.21. The molecule has 0 aliphatic heterocycles. The summed E-state index contributed by atoms with van der Waals surface area (Å²) in [5, 5.41) is 2.95. The lowest BCUT2D eigenvalue weighted by Crippen LogP contribution is -2.00. The second kappa shape index (κ2) is 6.92. The van der Waals surface area contributed by atoms with E-state index in [-0.39, 0.29) is 0 Å². The van der Waals surface area contributed by atoms with Crippen LogP contribution in [0.2, 0.25) is 0 Å². The lowest BCUT2D eigenvalue weighted by molar-refractivity contribution is 0.642. The standard InChI is InChI=1S/C20H28/c1-5-15(6-2)17-11-9-14-20-18(16(7-3)8-4)12-10-13-19(17)20/h9-16H,5-8H2,1-4H3. The minimum atomic E-state index is 0.690. The Morgan fingerprint density at radius 3 is 1.25 bits per heavy atom. The third kappa shape index (κ3) is 2.75. The Hall–Kier alpha value is -1.30. The predicted octanol–water partition coefficient (Wildman–Crippen LogP) is 6.65. The van der Waals surface area contributed by atoms with Crippen LogP contribution >= 0.6 is 0 Å². The van der Waals surface area contributed by atoms with E-state index in [2.05, 4.69) is 64.1 Å². The summed E-state index contributed by atoms with van der Waals surface area (Å²) in [5.74, 6) is 1.38. The molecule has 0 N–H and O–H groups in total. The number of fused-ring (bicyclic) bond motifs is 1. The smallest absolute Gasteiger partial charge is 0.0146 e. The number of benzene rings is 2. The van der Waals surface area contributed by atoms with Crippen molar-refractivity contribution in [2.45, 2.75) is 65.2 Å². The highest BCUT2D eigenvalue weighted by Gasteiger charge is 2.14. The van der Waals surface area contributed by atoms with E-state index in [0.29, 0.717) is 11.8 Å². The molecule has 0 aromatic heterocycles. The van der Waals surface area contributed by atoms with Crippen LogP contribution in [0.5, 0.6) is 0 Å². The lowest BCUT2D eigenvalue weighted by atomic mass is 9.85. The highest BCUT2D eigenvalue weighted by molar-refractivity contribution is 5.89. The topological polar surface area (TPSA) is 0 Å². The molecule has 0 fully saturated rings. The van der Waals surface area contributed by atoms with Crippen molar-refractivity contribution in [2.24, 2.45) is 0 Å². The fourth-order valence-electron chi connectivity index (χ4n) is 3.53. The molecule has 0 spiro atoms. The Labute approximate surface area is 124 Å². The maximum atomic E-state index is 2.33. The van der Waals surface area contributed by atoms with E-state index in [9.17, 15) is 0 Å². The van der Waals surface area contributed by atoms with Crippen molar-refractivity contribution in [1.29, 1.82) is 0 Å². The lowest BCUT2D eigenvalue weighted by Gasteiger charge is -2.20. The van der Waals surface area contributed by atoms with Crippen LogP contribution in [0.1, 0.15) is 76.3 Å². The van der Waals surface area contributed by atoms with E-state index in [4.69, 9.17) is 0 Å². The quantitative estimate of drug-likeness (QED) is 0.550. The molecule has 0 saturated carbocycles. The molecule has 0 saturated heterocycles. The van der Waals surface area contributed by atoms with Gasteiger partial charge >= 0.3 is 0 Å². The summed E-state index contributed by atoms with van der Waals surface area (Å²) in [5.41, 5.74) is 3.08. The zero-order valence-corrected chi connectivity index (χ0v) is 13.4. The molecule has 0 heterocycles. The first-order valence-electron chi connectivity index (χ1n) is 8.28. The van der Waals surface area contributed by atoms with Crippen molar-refractivity contribution < 1.29 is 0 Å². The van der Waals surface area contributed by atoms with Gasteiger partial charge in [0.05, 0.1) is 0 Å². The van der Waals surface area contributed by atoms with Gasteiger partial charge in [-0.2, -0.15) is 0 Å². The van der Waals surface area contributed by atoms with Gasteiger partial charge in [-0.15, -0.1) is 0 Å². The molecule has 0 atom stereocenters. The van der Waals surface area contributed by atoms with E-state index < -0.39 is 0 Å². The average molecular weight is 268 g/mol. The first-order chi connectivity index (χ1) is 9.76. The Morgan fingerprint density at radius 1 is 0.600 bits per heavy atom. The third-order valence-electron chi connectivity index (χ3n) is 4.84. The van der Waals surface area contributed by atoms with Gasteiger partial charge in [0.15, 0.2) is 0 Å². The first kappa shape index (κ1) is 15.1. The number of hydrogen-bond donors (Lipinski definition) is 0. The van der Waals surface area contributed by atoms with Gasteiger partial charge < -0.3 is 0 Å². The van der Waals surface area contributed by atoms with Crippen LogP contribution in [0.4, 0.5) is 0 Å². The fourth-order valence-corrected chi connectivity index (χ4v) is 3.53. The summed E-state index contributed by atoms with van der Waals surface area (Å²) >= 11 is 0. The maximum Gasteiger partial charge on any atom is -0.0146 e. The van der Waals surface area contributed by atoms with E-state index in [1.54, 1.807) is 11.1 Å². The van der Waals surface area contributed by atoms with Crippen molar-refractivity contribution in [3.05, 3.63) is 47.5 Å². The van der Waals surface area contributed by atoms with Crippen LogP contribution in [-0.2, 0) is 0 Å². The summed E-state index contributed by atoms with van der Waals surface area (Å²) in [6, 6.07) is 13.8. The molecule has 0 unspecified atom stereocenters. The van der Waals surface area contributed by atoms with Crippen molar-refractivity contribution in [1.82, 2.24) is 0 Å². The Kier molecular flexibility index (Phi) is 5.23. The van der Waals surface area contributed by atoms with Crippen LogP contribution in [0.25, 0.3) is 10.8 Å². The number of rotatable bonds is 6. The molecule has 2 aromatic rings. The minimum absolute atomic E-state index is 0.690. The molecule has 0 aliphatic carbocycles. The zero-order valence-electron chi connectivity index (χ0n) is 13.4. The van der Waals surface area contributed by atoms with Crippen LogP contribution in [0.3, 0.4) is 0 Å². The van der Waals surface area contributed by atoms with Crippen LogP contribution in [0.15, 0.2) is 36.4 Å². The highest BCUT2D eigenvalue weighted by atomic mass is 14.2. The van der Waals surface area contributed by atoms with Crippen molar-refractivity contribution in [3.63, 3.8) is 0 Å². The van der Waals surface area contributed by atoms with Gasteiger partial charge in [0.2, 0.25) is 0 Å². The molecule has 0 heteroatoms. The summed E-state index contributed by atoms with van der Waals surface area (Å²) in [6.07, 6.45) is 4.91. The van der Waals surface area contributed by atoms with Crippen molar-refractivity contribution >= 4 is 10.8 Å². The SMILES string of the molecule is CCC(CC)c1cccc2c(C(CC)CC)cccc12. The molecule has 108 valence electrons. The molecule has 2 rings (SSSR count). The Balaban J connectivity index is 2.62. The molecule has 0 bridgehead atoms. The van der Waals surface area contributed by atoms with Gasteiger partial charge in [-0.1, -0.05) is 64.1 Å². The molecule has 2 aromatic carbocycles. The third-order valence-corrected chi connectivity index (χ3v) is 4.84. The van der Waals surface area contributed by atoms with Gasteiger partial charge in [0, 0.05) is 0 Å². The van der Waals surface area contributed by atoms with E-state index >= 15 is 0 Å². The first-order valence-corrected chi connectivity index (χ1v) is 8.28. The zero-order chi connectivity index (χ0) is 14.5. The van der Waals surface area contributed by atoms with Crippen molar-refractivity contribution in [3.8, 4) is 0 Å². The largest absolute Gasteiger partial charge is 0.0648 e. The Bertz CT molecular complexity index is 494. The maximum absolute atomic E-state index is 2.33. The van der Waals surface area contributed by atoms with Gasteiger partial charge in [0.25, 0.3) is 0 Å². The van der Waals surface area contributed by atoms with Crippen LogP contribution in [-0.4, -0.2) is 0 Å². The van der Waals surface area contributed by atoms with Crippen LogP contribution < -0.4 is 0 Å². The van der Waals surface area contributed by atoms with E-state index in [0.717, 1.165) is 0 Å². The fraction of sp³-hybridized carbons (Fsp3) is 0.500. The molecule has 0 radical (unpaired) electrons. The van der Waals surface area contributed by atoms with Gasteiger partial charge in [-0.25, -0.2) is 0 Å². The normalized spacial score (nSPS) is 11.7. The monoisotopic (exact) mass is 268 g/mol. The molecule has 0 amide bonds. The molecule has 0 nitrogen and oxygen atoms in total. The summed E-state index contributed by atoms with van der Waals surface area (Å²) in [4.78, 5) is 0. The second-order valence-electron chi connectivity index (χ2n) is 5.82. The predicted molar refractivity (Wildman–Crippen MR) is 90.6 cm³/mol. The van der Waals surface area contributed by atoms with E-state index in [1.165, 1.54) is 36.5 Å². The average Bonchev–Trinajstić information content (AvgIpc) is 2.50. The second-order valence-corrected chi connectivity index (χ2v) is 5.82. The minimum Gasteiger partial charge on any atom is -0.0648 e. The molecule has 0 aliphatic rings. The highest BCUT2D eigenvalue weighted by Crippen LogP contribution is 2.35.